The minimum atomic E-state index is 1.07. The third kappa shape index (κ3) is 0.909. The molecule has 11 heavy (non-hydrogen) atoms. The maximum atomic E-state index is 4.14. The van der Waals surface area contributed by atoms with E-state index in [9.17, 15) is 0 Å². The molecule has 2 rings (SSSR count). The third-order valence-corrected chi connectivity index (χ3v) is 1.90. The van der Waals surface area contributed by atoms with Crippen LogP contribution in [0.2, 0.25) is 0 Å². The maximum Gasteiger partial charge on any atom is 0.0693 e. The summed E-state index contributed by atoms with van der Waals surface area (Å²) in [5.41, 5.74) is 2.57. The highest BCUT2D eigenvalue weighted by Gasteiger charge is 1.96. The molecule has 0 amide bonds. The first kappa shape index (κ1) is 6.40. The van der Waals surface area contributed by atoms with Gasteiger partial charge in [0.25, 0.3) is 0 Å². The molecule has 56 valence electrons. The van der Waals surface area contributed by atoms with Crippen LogP contribution in [0.3, 0.4) is 0 Å². The number of pyridine rings is 1. The lowest BCUT2D eigenvalue weighted by atomic mass is 10.2. The standard InChI is InChI=1S/C9H10N2/c1-2-8-4-3-7-11-9(8)5-6-10-11/h3-7H,2H2,1H3. The fourth-order valence-corrected chi connectivity index (χ4v) is 1.31. The zero-order valence-corrected chi connectivity index (χ0v) is 6.49. The summed E-state index contributed by atoms with van der Waals surface area (Å²) in [6.45, 7) is 2.16. The van der Waals surface area contributed by atoms with E-state index in [1.807, 2.05) is 29.0 Å². The van der Waals surface area contributed by atoms with E-state index in [1.54, 1.807) is 0 Å². The Labute approximate surface area is 65.5 Å². The van der Waals surface area contributed by atoms with Crippen LogP contribution in [-0.4, -0.2) is 9.61 Å². The minimum Gasteiger partial charge on any atom is -0.241 e. The lowest BCUT2D eigenvalue weighted by Crippen LogP contribution is -1.89. The minimum absolute atomic E-state index is 1.07. The van der Waals surface area contributed by atoms with Gasteiger partial charge in [-0.2, -0.15) is 5.10 Å². The third-order valence-electron chi connectivity index (χ3n) is 1.90. The van der Waals surface area contributed by atoms with Crippen molar-refractivity contribution in [3.05, 3.63) is 36.2 Å². The summed E-state index contributed by atoms with van der Waals surface area (Å²) in [7, 11) is 0. The Balaban J connectivity index is 2.79. The summed E-state index contributed by atoms with van der Waals surface area (Å²) in [5, 5.41) is 4.14. The summed E-state index contributed by atoms with van der Waals surface area (Å²) < 4.78 is 1.90. The maximum absolute atomic E-state index is 4.14. The number of nitrogens with zero attached hydrogens (tertiary/aromatic N) is 2. The van der Waals surface area contributed by atoms with E-state index in [0.29, 0.717) is 0 Å². The van der Waals surface area contributed by atoms with Crippen LogP contribution in [-0.2, 0) is 6.42 Å². The quantitative estimate of drug-likeness (QED) is 0.600. The van der Waals surface area contributed by atoms with Crippen molar-refractivity contribution >= 4 is 5.52 Å². The van der Waals surface area contributed by atoms with Gasteiger partial charge in [-0.15, -0.1) is 0 Å². The van der Waals surface area contributed by atoms with Crippen molar-refractivity contribution < 1.29 is 0 Å². The monoisotopic (exact) mass is 146 g/mol. The topological polar surface area (TPSA) is 17.3 Å². The van der Waals surface area contributed by atoms with E-state index in [0.717, 1.165) is 6.42 Å². The molecule has 0 unspecified atom stereocenters. The highest BCUT2D eigenvalue weighted by atomic mass is 15.2. The second-order valence-electron chi connectivity index (χ2n) is 2.55. The van der Waals surface area contributed by atoms with Crippen LogP contribution in [0.1, 0.15) is 12.5 Å². The SMILES string of the molecule is CCc1cccn2nccc12. The van der Waals surface area contributed by atoms with Crippen molar-refractivity contribution in [1.82, 2.24) is 9.61 Å². The summed E-state index contributed by atoms with van der Waals surface area (Å²) in [5.74, 6) is 0. The van der Waals surface area contributed by atoms with Crippen LogP contribution >= 0.6 is 0 Å². The van der Waals surface area contributed by atoms with Gasteiger partial charge in [0, 0.05) is 12.4 Å². The van der Waals surface area contributed by atoms with Gasteiger partial charge >= 0.3 is 0 Å². The molecule has 2 aromatic rings. The highest BCUT2D eigenvalue weighted by molar-refractivity contribution is 5.53. The zero-order valence-electron chi connectivity index (χ0n) is 6.49. The van der Waals surface area contributed by atoms with Gasteiger partial charge in [0.15, 0.2) is 0 Å². The number of aryl methyl sites for hydroxylation is 1. The zero-order chi connectivity index (χ0) is 7.68. The molecule has 0 aliphatic rings. The molecule has 2 heterocycles. The molecule has 2 nitrogen and oxygen atoms in total. The lowest BCUT2D eigenvalue weighted by Gasteiger charge is -1.98. The molecular formula is C9H10N2. The molecule has 0 saturated carbocycles. The van der Waals surface area contributed by atoms with Gasteiger partial charge in [0.05, 0.1) is 5.52 Å². The number of hydrogen-bond acceptors (Lipinski definition) is 1. The molecule has 0 atom stereocenters. The van der Waals surface area contributed by atoms with E-state index in [-0.39, 0.29) is 0 Å². The van der Waals surface area contributed by atoms with E-state index >= 15 is 0 Å². The molecule has 0 fully saturated rings. The molecule has 0 aliphatic heterocycles. The molecule has 2 aromatic heterocycles. The summed E-state index contributed by atoms with van der Waals surface area (Å²) in [4.78, 5) is 0. The fourth-order valence-electron chi connectivity index (χ4n) is 1.31. The van der Waals surface area contributed by atoms with Gasteiger partial charge in [-0.05, 0) is 24.1 Å². The molecule has 0 aromatic carbocycles. The second kappa shape index (κ2) is 2.38. The first-order valence-electron chi connectivity index (χ1n) is 3.83. The van der Waals surface area contributed by atoms with Gasteiger partial charge in [-0.3, -0.25) is 0 Å². The number of rotatable bonds is 1. The Kier molecular flexibility index (Phi) is 1.39. The fraction of sp³-hybridized carbons (Fsp3) is 0.222. The average molecular weight is 146 g/mol. The molecule has 0 aliphatic carbocycles. The van der Waals surface area contributed by atoms with Crippen LogP contribution in [0.15, 0.2) is 30.6 Å². The molecular weight excluding hydrogens is 136 g/mol. The second-order valence-corrected chi connectivity index (χ2v) is 2.55. The number of hydrogen-bond donors (Lipinski definition) is 0. The first-order valence-corrected chi connectivity index (χ1v) is 3.83. The molecule has 0 bridgehead atoms. The van der Waals surface area contributed by atoms with E-state index in [1.165, 1.54) is 11.1 Å². The van der Waals surface area contributed by atoms with E-state index < -0.39 is 0 Å². The Morgan fingerprint density at radius 2 is 2.36 bits per heavy atom. The van der Waals surface area contributed by atoms with Crippen LogP contribution in [0.4, 0.5) is 0 Å². The molecule has 0 radical (unpaired) electrons. The molecule has 0 N–H and O–H groups in total. The van der Waals surface area contributed by atoms with Crippen molar-refractivity contribution in [2.24, 2.45) is 0 Å². The predicted molar refractivity (Wildman–Crippen MR) is 44.6 cm³/mol. The Morgan fingerprint density at radius 3 is 3.18 bits per heavy atom. The summed E-state index contributed by atoms with van der Waals surface area (Å²) in [6.07, 6.45) is 4.86. The summed E-state index contributed by atoms with van der Waals surface area (Å²) in [6, 6.07) is 6.20. The lowest BCUT2D eigenvalue weighted by molar-refractivity contribution is 0.947. The molecule has 2 heteroatoms. The predicted octanol–water partition coefficient (Wildman–Crippen LogP) is 1.90. The normalized spacial score (nSPS) is 10.6. The van der Waals surface area contributed by atoms with Crippen LogP contribution in [0.25, 0.3) is 5.52 Å². The Hall–Kier alpha value is -1.31. The highest BCUT2D eigenvalue weighted by Crippen LogP contribution is 2.09. The van der Waals surface area contributed by atoms with Crippen molar-refractivity contribution in [2.75, 3.05) is 0 Å². The number of fused-ring (bicyclic) bond motifs is 1. The van der Waals surface area contributed by atoms with E-state index in [4.69, 9.17) is 0 Å². The van der Waals surface area contributed by atoms with Crippen LogP contribution < -0.4 is 0 Å². The Bertz CT molecular complexity index is 362. The van der Waals surface area contributed by atoms with Crippen molar-refractivity contribution in [1.29, 1.82) is 0 Å². The largest absolute Gasteiger partial charge is 0.241 e. The average Bonchev–Trinajstić information content (AvgIpc) is 2.50. The van der Waals surface area contributed by atoms with Gasteiger partial charge in [0.2, 0.25) is 0 Å². The van der Waals surface area contributed by atoms with Gasteiger partial charge in [0.1, 0.15) is 0 Å². The van der Waals surface area contributed by atoms with Crippen LogP contribution in [0.5, 0.6) is 0 Å². The first-order chi connectivity index (χ1) is 5.42. The number of aromatic nitrogens is 2. The van der Waals surface area contributed by atoms with Crippen LogP contribution in [0, 0.1) is 0 Å². The summed E-state index contributed by atoms with van der Waals surface area (Å²) >= 11 is 0. The van der Waals surface area contributed by atoms with Crippen molar-refractivity contribution in [2.45, 2.75) is 13.3 Å². The molecule has 0 spiro atoms. The van der Waals surface area contributed by atoms with Gasteiger partial charge in [-0.25, -0.2) is 4.52 Å². The van der Waals surface area contributed by atoms with Gasteiger partial charge < -0.3 is 0 Å². The van der Waals surface area contributed by atoms with E-state index in [2.05, 4.69) is 18.1 Å². The smallest absolute Gasteiger partial charge is 0.0693 e. The van der Waals surface area contributed by atoms with Gasteiger partial charge in [-0.1, -0.05) is 13.0 Å². The van der Waals surface area contributed by atoms with Crippen molar-refractivity contribution in [3.8, 4) is 0 Å². The van der Waals surface area contributed by atoms with Crippen molar-refractivity contribution in [3.63, 3.8) is 0 Å². The Morgan fingerprint density at radius 1 is 1.45 bits per heavy atom. The molecule has 0 saturated heterocycles.